The second kappa shape index (κ2) is 7.96. The van der Waals surface area contributed by atoms with Crippen LogP contribution in [0.5, 0.6) is 5.75 Å². The Morgan fingerprint density at radius 3 is 2.74 bits per heavy atom. The second-order valence-corrected chi connectivity index (χ2v) is 7.78. The molecule has 6 heteroatoms. The third kappa shape index (κ3) is 3.90. The van der Waals surface area contributed by atoms with E-state index in [9.17, 15) is 4.79 Å². The molecule has 1 fully saturated rings. The fraction of sp³-hybridized carbons (Fsp3) is 0.333. The first-order valence-corrected chi connectivity index (χ1v) is 10.1. The van der Waals surface area contributed by atoms with E-state index in [0.717, 1.165) is 53.8 Å². The number of carbonyl (C=O) groups is 1. The van der Waals surface area contributed by atoms with E-state index in [0.29, 0.717) is 5.13 Å². The first kappa shape index (κ1) is 17.8. The number of hydrogen-bond donors (Lipinski definition) is 1. The molecular formula is C21H23N3O2S. The summed E-state index contributed by atoms with van der Waals surface area (Å²) < 4.78 is 6.34. The molecule has 27 heavy (non-hydrogen) atoms. The molecule has 1 atom stereocenters. The van der Waals surface area contributed by atoms with Crippen LogP contribution in [0.2, 0.25) is 0 Å². The number of carbonyl (C=O) groups excluding carboxylic acids is 1. The van der Waals surface area contributed by atoms with Gasteiger partial charge in [0.15, 0.2) is 5.13 Å². The summed E-state index contributed by atoms with van der Waals surface area (Å²) in [4.78, 5) is 19.6. The molecule has 3 aromatic rings. The number of ether oxygens (including phenoxy) is 1. The van der Waals surface area contributed by atoms with Crippen molar-refractivity contribution in [3.8, 4) is 5.75 Å². The third-order valence-electron chi connectivity index (χ3n) is 5.02. The van der Waals surface area contributed by atoms with Gasteiger partial charge in [0.1, 0.15) is 5.75 Å². The summed E-state index contributed by atoms with van der Waals surface area (Å²) in [5.41, 5.74) is 2.07. The van der Waals surface area contributed by atoms with Gasteiger partial charge in [-0.2, -0.15) is 0 Å². The van der Waals surface area contributed by atoms with Gasteiger partial charge in [-0.1, -0.05) is 48.4 Å². The molecule has 0 bridgehead atoms. The number of likely N-dealkylation sites (tertiary alicyclic amines) is 1. The Morgan fingerprint density at radius 2 is 1.96 bits per heavy atom. The van der Waals surface area contributed by atoms with Crippen LogP contribution >= 0.6 is 11.3 Å². The number of anilines is 1. The van der Waals surface area contributed by atoms with E-state index < -0.39 is 0 Å². The smallest absolute Gasteiger partial charge is 0.324 e. The summed E-state index contributed by atoms with van der Waals surface area (Å²) >= 11 is 1.51. The highest BCUT2D eigenvalue weighted by atomic mass is 32.1. The number of urea groups is 1. The normalized spacial score (nSPS) is 17.5. The molecule has 4 rings (SSSR count). The zero-order valence-electron chi connectivity index (χ0n) is 15.4. The summed E-state index contributed by atoms with van der Waals surface area (Å²) in [6.07, 6.45) is 4.28. The number of benzene rings is 2. The number of methoxy groups -OCH3 is 1. The molecule has 0 aliphatic carbocycles. The molecule has 1 saturated heterocycles. The molecule has 0 unspecified atom stereocenters. The highest BCUT2D eigenvalue weighted by molar-refractivity contribution is 7.22. The van der Waals surface area contributed by atoms with Gasteiger partial charge in [0, 0.05) is 6.54 Å². The summed E-state index contributed by atoms with van der Waals surface area (Å²) in [6, 6.07) is 16.0. The minimum Gasteiger partial charge on any atom is -0.497 e. The number of hydrogen-bond acceptors (Lipinski definition) is 4. The largest absolute Gasteiger partial charge is 0.497 e. The average Bonchev–Trinajstić information content (AvgIpc) is 2.94. The molecule has 1 N–H and O–H groups in total. The maximum atomic E-state index is 13.1. The van der Waals surface area contributed by atoms with Gasteiger partial charge in [-0.05, 0) is 42.7 Å². The lowest BCUT2D eigenvalue weighted by atomic mass is 10.0. The minimum atomic E-state index is -0.0724. The molecule has 140 valence electrons. The Labute approximate surface area is 163 Å². The lowest BCUT2D eigenvalue weighted by Crippen LogP contribution is -2.38. The van der Waals surface area contributed by atoms with Crippen LogP contribution in [0.15, 0.2) is 48.5 Å². The maximum Gasteiger partial charge on any atom is 0.324 e. The topological polar surface area (TPSA) is 54.5 Å². The molecule has 5 nitrogen and oxygen atoms in total. The van der Waals surface area contributed by atoms with E-state index in [2.05, 4.69) is 22.4 Å². The fourth-order valence-corrected chi connectivity index (χ4v) is 4.47. The molecule has 2 heterocycles. The van der Waals surface area contributed by atoms with E-state index in [1.807, 2.05) is 41.3 Å². The van der Waals surface area contributed by atoms with Crippen molar-refractivity contribution in [2.75, 3.05) is 19.0 Å². The molecular weight excluding hydrogens is 358 g/mol. The van der Waals surface area contributed by atoms with Crippen LogP contribution < -0.4 is 10.1 Å². The Bertz CT molecular complexity index is 890. The van der Waals surface area contributed by atoms with Crippen LogP contribution in [0.3, 0.4) is 0 Å². The van der Waals surface area contributed by atoms with E-state index >= 15 is 0 Å². The molecule has 0 spiro atoms. The minimum absolute atomic E-state index is 0.0724. The zero-order chi connectivity index (χ0) is 18.6. The molecule has 1 aromatic heterocycles. The fourth-order valence-electron chi connectivity index (χ4n) is 3.61. The van der Waals surface area contributed by atoms with Crippen molar-refractivity contribution in [2.45, 2.75) is 31.7 Å². The van der Waals surface area contributed by atoms with Gasteiger partial charge in [0.25, 0.3) is 0 Å². The van der Waals surface area contributed by atoms with Crippen LogP contribution in [0.1, 0.15) is 37.3 Å². The predicted molar refractivity (Wildman–Crippen MR) is 110 cm³/mol. The number of para-hydroxylation sites is 1. The SMILES string of the molecule is COc1ccc([C@@H]2CCCCCN2C(=O)Nc2nc3ccccc3s2)cc1. The lowest BCUT2D eigenvalue weighted by molar-refractivity contribution is 0.189. The molecule has 0 saturated carbocycles. The van der Waals surface area contributed by atoms with Gasteiger partial charge in [-0.15, -0.1) is 0 Å². The maximum absolute atomic E-state index is 13.1. The number of amides is 2. The van der Waals surface area contributed by atoms with Crippen molar-refractivity contribution >= 4 is 32.7 Å². The van der Waals surface area contributed by atoms with Crippen molar-refractivity contribution in [1.29, 1.82) is 0 Å². The van der Waals surface area contributed by atoms with E-state index in [-0.39, 0.29) is 12.1 Å². The number of fused-ring (bicyclic) bond motifs is 1. The van der Waals surface area contributed by atoms with Gasteiger partial charge in [-0.3, -0.25) is 5.32 Å². The first-order valence-electron chi connectivity index (χ1n) is 9.32. The van der Waals surface area contributed by atoms with Crippen molar-refractivity contribution in [3.05, 3.63) is 54.1 Å². The lowest BCUT2D eigenvalue weighted by Gasteiger charge is -2.30. The molecule has 2 aromatic carbocycles. The van der Waals surface area contributed by atoms with Crippen LogP contribution in [0.4, 0.5) is 9.93 Å². The summed E-state index contributed by atoms with van der Waals surface area (Å²) in [5, 5.41) is 3.67. The van der Waals surface area contributed by atoms with Crippen LogP contribution in [-0.4, -0.2) is 29.6 Å². The number of rotatable bonds is 3. The number of thiazole rings is 1. The Balaban J connectivity index is 1.56. The van der Waals surface area contributed by atoms with Crippen LogP contribution in [-0.2, 0) is 0 Å². The molecule has 1 aliphatic heterocycles. The molecule has 0 radical (unpaired) electrons. The van der Waals surface area contributed by atoms with E-state index in [4.69, 9.17) is 4.74 Å². The molecule has 2 amide bonds. The van der Waals surface area contributed by atoms with Gasteiger partial charge in [0.05, 0.1) is 23.4 Å². The van der Waals surface area contributed by atoms with Crippen molar-refractivity contribution < 1.29 is 9.53 Å². The van der Waals surface area contributed by atoms with Crippen molar-refractivity contribution in [1.82, 2.24) is 9.88 Å². The number of nitrogens with one attached hydrogen (secondary N) is 1. The quantitative estimate of drug-likeness (QED) is 0.656. The Morgan fingerprint density at radius 1 is 1.15 bits per heavy atom. The van der Waals surface area contributed by atoms with Crippen molar-refractivity contribution in [2.24, 2.45) is 0 Å². The Hall–Kier alpha value is -2.60. The first-order chi connectivity index (χ1) is 13.2. The highest BCUT2D eigenvalue weighted by Crippen LogP contribution is 2.32. The van der Waals surface area contributed by atoms with Crippen LogP contribution in [0.25, 0.3) is 10.2 Å². The highest BCUT2D eigenvalue weighted by Gasteiger charge is 2.27. The van der Waals surface area contributed by atoms with Crippen molar-refractivity contribution in [3.63, 3.8) is 0 Å². The van der Waals surface area contributed by atoms with Gasteiger partial charge in [0.2, 0.25) is 0 Å². The summed E-state index contributed by atoms with van der Waals surface area (Å²) in [5.74, 6) is 0.831. The Kier molecular flexibility index (Phi) is 5.25. The van der Waals surface area contributed by atoms with E-state index in [1.165, 1.54) is 11.3 Å². The summed E-state index contributed by atoms with van der Waals surface area (Å²) in [7, 11) is 1.67. The standard InChI is InChI=1S/C21H23N3O2S/c1-26-16-12-10-15(11-13-16)18-8-3-2-6-14-24(18)21(25)23-20-22-17-7-4-5-9-19(17)27-20/h4-5,7,9-13,18H,2-3,6,8,14H2,1H3,(H,22,23,25)/t18-/m0/s1. The summed E-state index contributed by atoms with van der Waals surface area (Å²) in [6.45, 7) is 0.757. The second-order valence-electron chi connectivity index (χ2n) is 6.75. The third-order valence-corrected chi connectivity index (χ3v) is 5.97. The molecule has 1 aliphatic rings. The van der Waals surface area contributed by atoms with E-state index in [1.54, 1.807) is 7.11 Å². The van der Waals surface area contributed by atoms with Crippen LogP contribution in [0, 0.1) is 0 Å². The number of aromatic nitrogens is 1. The van der Waals surface area contributed by atoms with Gasteiger partial charge >= 0.3 is 6.03 Å². The van der Waals surface area contributed by atoms with Gasteiger partial charge in [-0.25, -0.2) is 9.78 Å². The number of nitrogens with zero attached hydrogens (tertiary/aromatic N) is 2. The monoisotopic (exact) mass is 381 g/mol. The average molecular weight is 382 g/mol. The van der Waals surface area contributed by atoms with Gasteiger partial charge < -0.3 is 9.64 Å². The predicted octanol–water partition coefficient (Wildman–Crippen LogP) is 5.45. The zero-order valence-corrected chi connectivity index (χ0v) is 16.2.